The smallest absolute Gasteiger partial charge is 0.198 e. The van der Waals surface area contributed by atoms with E-state index in [0.717, 1.165) is 11.5 Å². The van der Waals surface area contributed by atoms with Crippen molar-refractivity contribution in [3.05, 3.63) is 24.3 Å². The zero-order valence-electron chi connectivity index (χ0n) is 10.8. The lowest BCUT2D eigenvalue weighted by Gasteiger charge is -2.06. The second-order valence-electron chi connectivity index (χ2n) is 3.83. The lowest BCUT2D eigenvalue weighted by Crippen LogP contribution is -2.13. The Kier molecular flexibility index (Phi) is 5.91. The molecule has 1 rings (SSSR count). The van der Waals surface area contributed by atoms with E-state index in [1.165, 1.54) is 0 Å². The molecule has 0 aromatic heterocycles. The Morgan fingerprint density at radius 2 is 1.67 bits per heavy atom. The molecule has 0 saturated carbocycles. The highest BCUT2D eigenvalue weighted by Crippen LogP contribution is 2.17. The lowest BCUT2D eigenvalue weighted by atomic mass is 10.1. The molecule has 1 aromatic carbocycles. The highest BCUT2D eigenvalue weighted by Gasteiger charge is 2.10. The average Bonchev–Trinajstić information content (AvgIpc) is 2.43. The van der Waals surface area contributed by atoms with Crippen LogP contribution in [0.5, 0.6) is 11.5 Å². The van der Waals surface area contributed by atoms with Gasteiger partial charge in [-0.3, -0.25) is 9.59 Å². The van der Waals surface area contributed by atoms with Crippen LogP contribution in [-0.4, -0.2) is 25.3 Å². The van der Waals surface area contributed by atoms with Crippen molar-refractivity contribution in [2.45, 2.75) is 26.2 Å². The molecule has 0 fully saturated rings. The van der Waals surface area contributed by atoms with Crippen LogP contribution in [0.2, 0.25) is 0 Å². The van der Waals surface area contributed by atoms with E-state index < -0.39 is 0 Å². The molecule has 0 aliphatic carbocycles. The van der Waals surface area contributed by atoms with E-state index in [9.17, 15) is 9.59 Å². The highest BCUT2D eigenvalue weighted by atomic mass is 16.5. The quantitative estimate of drug-likeness (QED) is 0.525. The fourth-order valence-corrected chi connectivity index (χ4v) is 1.43. The molecule has 98 valence electrons. The van der Waals surface area contributed by atoms with Crippen LogP contribution in [-0.2, 0) is 9.59 Å². The normalized spacial score (nSPS) is 9.89. The van der Waals surface area contributed by atoms with E-state index in [-0.39, 0.29) is 24.4 Å². The first-order chi connectivity index (χ1) is 8.67. The average molecular weight is 250 g/mol. The zero-order chi connectivity index (χ0) is 13.4. The van der Waals surface area contributed by atoms with Gasteiger partial charge in [-0.15, -0.1) is 0 Å². The number of hydrogen-bond acceptors (Lipinski definition) is 4. The molecule has 18 heavy (non-hydrogen) atoms. The molecule has 0 heterocycles. The summed E-state index contributed by atoms with van der Waals surface area (Å²) >= 11 is 0. The van der Waals surface area contributed by atoms with Gasteiger partial charge in [0.05, 0.1) is 13.7 Å². The summed E-state index contributed by atoms with van der Waals surface area (Å²) in [5.74, 6) is 0.881. The molecule has 0 amide bonds. The maximum atomic E-state index is 11.2. The van der Waals surface area contributed by atoms with Gasteiger partial charge in [0.1, 0.15) is 11.5 Å². The molecule has 0 aliphatic heterocycles. The Bertz CT molecular complexity index is 395. The summed E-state index contributed by atoms with van der Waals surface area (Å²) in [6, 6.07) is 7.22. The van der Waals surface area contributed by atoms with Gasteiger partial charge >= 0.3 is 0 Å². The Balaban J connectivity index is 2.25. The minimum Gasteiger partial charge on any atom is -0.497 e. The van der Waals surface area contributed by atoms with Gasteiger partial charge in [-0.25, -0.2) is 0 Å². The minimum atomic E-state index is -0.309. The molecular formula is C14H18O4. The summed E-state index contributed by atoms with van der Waals surface area (Å²) < 4.78 is 10.5. The van der Waals surface area contributed by atoms with E-state index in [0.29, 0.717) is 13.0 Å². The molecule has 0 atom stereocenters. The number of carbonyl (C=O) groups is 2. The standard InChI is InChI=1S/C14H18O4/c1-3-13(15)14(16)5-4-10-18-12-8-6-11(17-2)7-9-12/h6-9H,3-5,10H2,1-2H3. The van der Waals surface area contributed by atoms with Crippen LogP contribution in [0, 0.1) is 0 Å². The van der Waals surface area contributed by atoms with Gasteiger partial charge in [0.15, 0.2) is 11.6 Å². The van der Waals surface area contributed by atoms with E-state index in [1.807, 2.05) is 0 Å². The maximum absolute atomic E-state index is 11.2. The van der Waals surface area contributed by atoms with Gasteiger partial charge < -0.3 is 9.47 Å². The fourth-order valence-electron chi connectivity index (χ4n) is 1.43. The summed E-state index contributed by atoms with van der Waals surface area (Å²) in [7, 11) is 1.60. The van der Waals surface area contributed by atoms with Crippen LogP contribution in [0.1, 0.15) is 26.2 Å². The van der Waals surface area contributed by atoms with Crippen molar-refractivity contribution in [3.8, 4) is 11.5 Å². The number of methoxy groups -OCH3 is 1. The number of ketones is 2. The van der Waals surface area contributed by atoms with Gasteiger partial charge in [0.2, 0.25) is 0 Å². The molecule has 0 spiro atoms. The number of ether oxygens (including phenoxy) is 2. The lowest BCUT2D eigenvalue weighted by molar-refractivity contribution is -0.136. The van der Waals surface area contributed by atoms with Crippen molar-refractivity contribution >= 4 is 11.6 Å². The summed E-state index contributed by atoms with van der Waals surface area (Å²) in [4.78, 5) is 22.3. The van der Waals surface area contributed by atoms with Crippen LogP contribution in [0.15, 0.2) is 24.3 Å². The first-order valence-electron chi connectivity index (χ1n) is 6.00. The molecule has 4 nitrogen and oxygen atoms in total. The van der Waals surface area contributed by atoms with Crippen molar-refractivity contribution in [1.82, 2.24) is 0 Å². The molecule has 0 unspecified atom stereocenters. The highest BCUT2D eigenvalue weighted by molar-refractivity contribution is 6.37. The molecule has 0 aliphatic rings. The Morgan fingerprint density at radius 1 is 1.06 bits per heavy atom. The number of rotatable bonds is 8. The van der Waals surface area contributed by atoms with Crippen LogP contribution >= 0.6 is 0 Å². The fraction of sp³-hybridized carbons (Fsp3) is 0.429. The van der Waals surface area contributed by atoms with Crippen molar-refractivity contribution in [2.75, 3.05) is 13.7 Å². The summed E-state index contributed by atoms with van der Waals surface area (Å²) in [5, 5.41) is 0. The first-order valence-corrected chi connectivity index (χ1v) is 6.00. The van der Waals surface area contributed by atoms with Crippen LogP contribution in [0.3, 0.4) is 0 Å². The zero-order valence-corrected chi connectivity index (χ0v) is 10.8. The van der Waals surface area contributed by atoms with E-state index in [4.69, 9.17) is 9.47 Å². The second-order valence-corrected chi connectivity index (χ2v) is 3.83. The number of hydrogen-bond donors (Lipinski definition) is 0. The van der Waals surface area contributed by atoms with Crippen molar-refractivity contribution in [1.29, 1.82) is 0 Å². The summed E-state index contributed by atoms with van der Waals surface area (Å²) in [6.07, 6.45) is 1.08. The van der Waals surface area contributed by atoms with Gasteiger partial charge in [-0.1, -0.05) is 6.92 Å². The first kappa shape index (κ1) is 14.2. The van der Waals surface area contributed by atoms with E-state index >= 15 is 0 Å². The molecule has 0 saturated heterocycles. The van der Waals surface area contributed by atoms with E-state index in [1.54, 1.807) is 38.3 Å². The Hall–Kier alpha value is -1.84. The van der Waals surface area contributed by atoms with Crippen molar-refractivity contribution < 1.29 is 19.1 Å². The number of carbonyl (C=O) groups excluding carboxylic acids is 2. The van der Waals surface area contributed by atoms with Crippen LogP contribution in [0.4, 0.5) is 0 Å². The molecule has 0 radical (unpaired) electrons. The summed E-state index contributed by atoms with van der Waals surface area (Å²) in [5.41, 5.74) is 0. The number of Topliss-reactive ketones (excluding diaryl/α,β-unsaturated/α-hetero) is 2. The molecule has 1 aromatic rings. The second kappa shape index (κ2) is 7.48. The monoisotopic (exact) mass is 250 g/mol. The summed E-state index contributed by atoms with van der Waals surface area (Å²) in [6.45, 7) is 2.11. The number of benzene rings is 1. The third kappa shape index (κ3) is 4.57. The van der Waals surface area contributed by atoms with Crippen LogP contribution < -0.4 is 9.47 Å². The van der Waals surface area contributed by atoms with Gasteiger partial charge in [0, 0.05) is 12.8 Å². The predicted octanol–water partition coefficient (Wildman–Crippen LogP) is 2.40. The predicted molar refractivity (Wildman–Crippen MR) is 68.0 cm³/mol. The van der Waals surface area contributed by atoms with Crippen molar-refractivity contribution in [3.63, 3.8) is 0 Å². The van der Waals surface area contributed by atoms with Crippen LogP contribution in [0.25, 0.3) is 0 Å². The minimum absolute atomic E-state index is 0.253. The third-order valence-corrected chi connectivity index (χ3v) is 2.51. The molecule has 0 N–H and O–H groups in total. The van der Waals surface area contributed by atoms with Crippen molar-refractivity contribution in [2.24, 2.45) is 0 Å². The molecule has 4 heteroatoms. The van der Waals surface area contributed by atoms with Gasteiger partial charge in [-0.05, 0) is 30.7 Å². The Labute approximate surface area is 107 Å². The van der Waals surface area contributed by atoms with Gasteiger partial charge in [0.25, 0.3) is 0 Å². The molecular weight excluding hydrogens is 232 g/mol. The third-order valence-electron chi connectivity index (χ3n) is 2.51. The van der Waals surface area contributed by atoms with Gasteiger partial charge in [-0.2, -0.15) is 0 Å². The Morgan fingerprint density at radius 3 is 2.22 bits per heavy atom. The largest absolute Gasteiger partial charge is 0.497 e. The SMILES string of the molecule is CCC(=O)C(=O)CCCOc1ccc(OC)cc1. The topological polar surface area (TPSA) is 52.6 Å². The molecule has 0 bridgehead atoms. The maximum Gasteiger partial charge on any atom is 0.198 e. The van der Waals surface area contributed by atoms with E-state index in [2.05, 4.69) is 0 Å².